The van der Waals surface area contributed by atoms with Crippen molar-refractivity contribution < 1.29 is 4.92 Å². The zero-order valence-corrected chi connectivity index (χ0v) is 13.0. The maximum absolute atomic E-state index is 10.9. The van der Waals surface area contributed by atoms with Crippen molar-refractivity contribution >= 4 is 11.4 Å². The van der Waals surface area contributed by atoms with Crippen molar-refractivity contribution in [2.75, 3.05) is 19.4 Å². The molecule has 5 nitrogen and oxygen atoms in total. The second-order valence-corrected chi connectivity index (χ2v) is 5.75. The van der Waals surface area contributed by atoms with Crippen LogP contribution in [0.3, 0.4) is 0 Å². The number of nitro benzene ring substituents is 1. The molecule has 0 radical (unpaired) electrons. The number of nitrogens with zero attached hydrogens (tertiary/aromatic N) is 2. The summed E-state index contributed by atoms with van der Waals surface area (Å²) < 4.78 is 0. The second kappa shape index (κ2) is 7.24. The molecule has 5 heteroatoms. The molecule has 0 aliphatic carbocycles. The van der Waals surface area contributed by atoms with Crippen molar-refractivity contribution in [2.24, 2.45) is 5.92 Å². The summed E-state index contributed by atoms with van der Waals surface area (Å²) in [6.45, 7) is 7.44. The average Bonchev–Trinajstić information content (AvgIpc) is 2.37. The van der Waals surface area contributed by atoms with E-state index in [1.807, 2.05) is 12.1 Å². The third kappa shape index (κ3) is 4.49. The van der Waals surface area contributed by atoms with Gasteiger partial charge >= 0.3 is 0 Å². The number of benzene rings is 1. The third-order valence-corrected chi connectivity index (χ3v) is 3.52. The minimum absolute atomic E-state index is 0.120. The van der Waals surface area contributed by atoms with Gasteiger partial charge in [0.25, 0.3) is 5.69 Å². The van der Waals surface area contributed by atoms with Crippen LogP contribution in [0.4, 0.5) is 11.4 Å². The summed E-state index contributed by atoms with van der Waals surface area (Å²) in [6, 6.07) is 5.75. The first kappa shape index (κ1) is 16.4. The number of hydrogen-bond acceptors (Lipinski definition) is 4. The van der Waals surface area contributed by atoms with E-state index in [4.69, 9.17) is 0 Å². The van der Waals surface area contributed by atoms with Crippen LogP contribution in [0, 0.1) is 16.0 Å². The Morgan fingerprint density at radius 2 is 2.00 bits per heavy atom. The molecule has 1 aromatic carbocycles. The van der Waals surface area contributed by atoms with Gasteiger partial charge in [0.15, 0.2) is 0 Å². The first-order valence-corrected chi connectivity index (χ1v) is 7.00. The molecule has 1 atom stereocenters. The van der Waals surface area contributed by atoms with Crippen molar-refractivity contribution in [3.63, 3.8) is 0 Å². The molecule has 1 rings (SSSR count). The SMILES string of the molecule is CNc1cc(CN(C)C(C)CC(C)C)ccc1[N+](=O)[O-]. The lowest BCUT2D eigenvalue weighted by atomic mass is 10.0. The topological polar surface area (TPSA) is 58.4 Å². The maximum atomic E-state index is 10.9. The fourth-order valence-electron chi connectivity index (χ4n) is 2.35. The van der Waals surface area contributed by atoms with Crippen LogP contribution in [0.5, 0.6) is 0 Å². The Labute approximate surface area is 121 Å². The molecule has 1 N–H and O–H groups in total. The lowest BCUT2D eigenvalue weighted by Crippen LogP contribution is -2.29. The van der Waals surface area contributed by atoms with E-state index in [1.165, 1.54) is 0 Å². The quantitative estimate of drug-likeness (QED) is 0.613. The van der Waals surface area contributed by atoms with E-state index in [-0.39, 0.29) is 10.6 Å². The van der Waals surface area contributed by atoms with Gasteiger partial charge in [-0.2, -0.15) is 0 Å². The van der Waals surface area contributed by atoms with Gasteiger partial charge in [-0.25, -0.2) is 0 Å². The fraction of sp³-hybridized carbons (Fsp3) is 0.600. The van der Waals surface area contributed by atoms with E-state index < -0.39 is 0 Å². The number of hydrogen-bond donors (Lipinski definition) is 1. The Kier molecular flexibility index (Phi) is 5.95. The predicted molar refractivity (Wildman–Crippen MR) is 83.0 cm³/mol. The average molecular weight is 279 g/mol. The van der Waals surface area contributed by atoms with Crippen LogP contribution >= 0.6 is 0 Å². The van der Waals surface area contributed by atoms with Crippen LogP contribution in [0.2, 0.25) is 0 Å². The predicted octanol–water partition coefficient (Wildman–Crippen LogP) is 3.50. The standard InChI is InChI=1S/C15H25N3O2/c1-11(2)8-12(3)17(5)10-13-6-7-15(18(19)20)14(9-13)16-4/h6-7,9,11-12,16H,8,10H2,1-5H3. The lowest BCUT2D eigenvalue weighted by Gasteiger charge is -2.26. The number of rotatable bonds is 7. The highest BCUT2D eigenvalue weighted by Crippen LogP contribution is 2.25. The molecule has 1 unspecified atom stereocenters. The molecule has 0 saturated heterocycles. The minimum Gasteiger partial charge on any atom is -0.383 e. The highest BCUT2D eigenvalue weighted by molar-refractivity contribution is 5.62. The summed E-state index contributed by atoms with van der Waals surface area (Å²) in [6.07, 6.45) is 1.14. The molecule has 0 aliphatic heterocycles. The third-order valence-electron chi connectivity index (χ3n) is 3.52. The highest BCUT2D eigenvalue weighted by atomic mass is 16.6. The summed E-state index contributed by atoms with van der Waals surface area (Å²) in [5.41, 5.74) is 1.77. The monoisotopic (exact) mass is 279 g/mol. The van der Waals surface area contributed by atoms with E-state index in [2.05, 4.69) is 38.0 Å². The van der Waals surface area contributed by atoms with E-state index in [9.17, 15) is 10.1 Å². The van der Waals surface area contributed by atoms with Gasteiger partial charge in [-0.05, 0) is 37.9 Å². The maximum Gasteiger partial charge on any atom is 0.292 e. The van der Waals surface area contributed by atoms with E-state index in [1.54, 1.807) is 13.1 Å². The summed E-state index contributed by atoms with van der Waals surface area (Å²) in [4.78, 5) is 12.8. The minimum atomic E-state index is -0.360. The van der Waals surface area contributed by atoms with Gasteiger partial charge in [0.1, 0.15) is 5.69 Å². The van der Waals surface area contributed by atoms with Gasteiger partial charge in [-0.3, -0.25) is 15.0 Å². The lowest BCUT2D eigenvalue weighted by molar-refractivity contribution is -0.384. The van der Waals surface area contributed by atoms with Crippen molar-refractivity contribution in [3.05, 3.63) is 33.9 Å². The fourth-order valence-corrected chi connectivity index (χ4v) is 2.35. The molecular weight excluding hydrogens is 254 g/mol. The van der Waals surface area contributed by atoms with Crippen LogP contribution < -0.4 is 5.32 Å². The van der Waals surface area contributed by atoms with Crippen LogP contribution in [-0.4, -0.2) is 30.0 Å². The molecule has 0 bridgehead atoms. The van der Waals surface area contributed by atoms with Crippen molar-refractivity contribution in [1.29, 1.82) is 0 Å². The van der Waals surface area contributed by atoms with Gasteiger partial charge in [0.2, 0.25) is 0 Å². The molecule has 0 spiro atoms. The van der Waals surface area contributed by atoms with E-state index in [0.29, 0.717) is 17.6 Å². The van der Waals surface area contributed by atoms with Gasteiger partial charge in [-0.1, -0.05) is 19.9 Å². The summed E-state index contributed by atoms with van der Waals surface area (Å²) >= 11 is 0. The second-order valence-electron chi connectivity index (χ2n) is 5.75. The van der Waals surface area contributed by atoms with Gasteiger partial charge in [-0.15, -0.1) is 0 Å². The summed E-state index contributed by atoms with van der Waals surface area (Å²) in [5.74, 6) is 0.664. The molecule has 0 saturated carbocycles. The summed E-state index contributed by atoms with van der Waals surface area (Å²) in [7, 11) is 3.80. The zero-order chi connectivity index (χ0) is 15.3. The molecule has 20 heavy (non-hydrogen) atoms. The normalized spacial score (nSPS) is 12.8. The van der Waals surface area contributed by atoms with E-state index >= 15 is 0 Å². The Morgan fingerprint density at radius 3 is 2.50 bits per heavy atom. The molecule has 1 aromatic rings. The Bertz CT molecular complexity index is 460. The van der Waals surface area contributed by atoms with Crippen LogP contribution in [0.1, 0.15) is 32.8 Å². The van der Waals surface area contributed by atoms with Crippen molar-refractivity contribution in [1.82, 2.24) is 4.90 Å². The summed E-state index contributed by atoms with van der Waals surface area (Å²) in [5, 5.41) is 13.8. The molecule has 0 fully saturated rings. The molecule has 0 aromatic heterocycles. The van der Waals surface area contributed by atoms with Crippen LogP contribution in [0.25, 0.3) is 0 Å². The smallest absolute Gasteiger partial charge is 0.292 e. The first-order valence-electron chi connectivity index (χ1n) is 7.00. The van der Waals surface area contributed by atoms with Gasteiger partial charge in [0.05, 0.1) is 4.92 Å². The van der Waals surface area contributed by atoms with Crippen LogP contribution in [-0.2, 0) is 6.54 Å². The Hall–Kier alpha value is -1.62. The molecule has 0 aliphatic rings. The molecule has 0 amide bonds. The number of anilines is 1. The number of nitro groups is 1. The number of nitrogens with one attached hydrogen (secondary N) is 1. The zero-order valence-electron chi connectivity index (χ0n) is 13.0. The van der Waals surface area contributed by atoms with Gasteiger partial charge in [0, 0.05) is 25.7 Å². The van der Waals surface area contributed by atoms with Crippen molar-refractivity contribution in [2.45, 2.75) is 39.8 Å². The van der Waals surface area contributed by atoms with Crippen LogP contribution in [0.15, 0.2) is 18.2 Å². The highest BCUT2D eigenvalue weighted by Gasteiger charge is 2.15. The molecular formula is C15H25N3O2. The largest absolute Gasteiger partial charge is 0.383 e. The Morgan fingerprint density at radius 1 is 1.35 bits per heavy atom. The molecule has 112 valence electrons. The van der Waals surface area contributed by atoms with Crippen molar-refractivity contribution in [3.8, 4) is 0 Å². The molecule has 0 heterocycles. The van der Waals surface area contributed by atoms with Gasteiger partial charge < -0.3 is 5.32 Å². The first-order chi connectivity index (χ1) is 9.35. The van der Waals surface area contributed by atoms with E-state index in [0.717, 1.165) is 18.5 Å². The Balaban J connectivity index is 2.80.